The first-order valence-corrected chi connectivity index (χ1v) is 6.52. The van der Waals surface area contributed by atoms with Gasteiger partial charge in [0.1, 0.15) is 12.8 Å². The zero-order chi connectivity index (χ0) is 13.7. The molecule has 0 amide bonds. The summed E-state index contributed by atoms with van der Waals surface area (Å²) in [6.45, 7) is 0. The Hall–Kier alpha value is -2.46. The van der Waals surface area contributed by atoms with Gasteiger partial charge in [-0.3, -0.25) is 0 Å². The molecule has 4 rings (SSSR count). The second kappa shape index (κ2) is 4.02. The van der Waals surface area contributed by atoms with Crippen molar-refractivity contribution in [2.24, 2.45) is 0 Å². The zero-order valence-electron chi connectivity index (χ0n) is 11.0. The van der Waals surface area contributed by atoms with Gasteiger partial charge < -0.3 is 15.1 Å². The highest BCUT2D eigenvalue weighted by Crippen LogP contribution is 2.41. The normalized spacial score (nSPS) is 19.8. The van der Waals surface area contributed by atoms with Crippen LogP contribution in [-0.4, -0.2) is 17.9 Å². The first kappa shape index (κ1) is 11.4. The van der Waals surface area contributed by atoms with Crippen LogP contribution in [0.4, 0.5) is 5.69 Å². The van der Waals surface area contributed by atoms with E-state index in [1.807, 2.05) is 54.6 Å². The average Bonchev–Trinajstić information content (AvgIpc) is 2.81. The molecule has 0 bridgehead atoms. The molecule has 1 aromatic carbocycles. The van der Waals surface area contributed by atoms with Gasteiger partial charge in [0.05, 0.1) is 17.2 Å². The van der Waals surface area contributed by atoms with Crippen LogP contribution in [0.2, 0.25) is 0 Å². The number of aromatic nitrogens is 1. The molecule has 0 N–H and O–H groups in total. The molecule has 1 aliphatic heterocycles. The van der Waals surface area contributed by atoms with Crippen LogP contribution in [0, 0.1) is 5.21 Å². The fraction of sp³-hybridized carbons (Fsp3) is 0.125. The summed E-state index contributed by atoms with van der Waals surface area (Å²) in [4.78, 5) is 5.46. The molecule has 0 fully saturated rings. The minimum absolute atomic E-state index is 0.247. The van der Waals surface area contributed by atoms with Crippen LogP contribution in [0.15, 0.2) is 54.1 Å². The summed E-state index contributed by atoms with van der Waals surface area (Å²) in [5.41, 5.74) is 3.37. The molecule has 0 spiro atoms. The largest absolute Gasteiger partial charge is 0.758 e. The van der Waals surface area contributed by atoms with Crippen molar-refractivity contribution in [2.75, 3.05) is 12.2 Å². The number of anilines is 1. The van der Waals surface area contributed by atoms with E-state index in [9.17, 15) is 5.21 Å². The Morgan fingerprint density at radius 2 is 2.05 bits per heavy atom. The molecule has 1 atom stereocenters. The Morgan fingerprint density at radius 1 is 1.20 bits per heavy atom. The lowest BCUT2D eigenvalue weighted by Crippen LogP contribution is -2.33. The predicted octanol–water partition coefficient (Wildman–Crippen LogP) is 2.90. The van der Waals surface area contributed by atoms with Gasteiger partial charge in [-0.1, -0.05) is 42.5 Å². The van der Waals surface area contributed by atoms with E-state index < -0.39 is 0 Å². The van der Waals surface area contributed by atoms with Crippen molar-refractivity contribution in [3.8, 4) is 0 Å². The Balaban J connectivity index is 2.08. The van der Waals surface area contributed by atoms with Crippen LogP contribution in [0.5, 0.6) is 0 Å². The zero-order valence-corrected chi connectivity index (χ0v) is 11.0. The van der Waals surface area contributed by atoms with Crippen molar-refractivity contribution in [1.82, 2.24) is 4.73 Å². The molecule has 0 saturated heterocycles. The van der Waals surface area contributed by atoms with E-state index in [0.717, 1.165) is 27.2 Å². The lowest BCUT2D eigenvalue weighted by atomic mass is 9.96. The Labute approximate surface area is 116 Å². The molecule has 1 aromatic heterocycles. The summed E-state index contributed by atoms with van der Waals surface area (Å²) in [7, 11) is 1.61. The van der Waals surface area contributed by atoms with Crippen molar-refractivity contribution in [2.45, 2.75) is 6.04 Å². The number of benzene rings is 1. The molecule has 1 unspecified atom stereocenters. The highest BCUT2D eigenvalue weighted by Gasteiger charge is 2.27. The van der Waals surface area contributed by atoms with Crippen LogP contribution in [0.25, 0.3) is 17.0 Å². The topological polar surface area (TPSA) is 40.5 Å². The van der Waals surface area contributed by atoms with Crippen LogP contribution >= 0.6 is 0 Å². The molecule has 2 aliphatic rings. The molecule has 2 heterocycles. The number of fused-ring (bicyclic) bond motifs is 4. The third kappa shape index (κ3) is 1.34. The SMILES string of the molecule is COn1c2c(c3ccccc31)N([O-])C1C=CC=CC1=C2. The second-order valence-corrected chi connectivity index (χ2v) is 4.89. The molecule has 100 valence electrons. The Morgan fingerprint density at radius 3 is 2.90 bits per heavy atom. The van der Waals surface area contributed by atoms with Gasteiger partial charge in [-0.05, 0) is 17.7 Å². The number of para-hydroxylation sites is 1. The third-order valence-corrected chi connectivity index (χ3v) is 3.83. The van der Waals surface area contributed by atoms with E-state index in [1.165, 1.54) is 0 Å². The summed E-state index contributed by atoms with van der Waals surface area (Å²) >= 11 is 0. The molecular weight excluding hydrogens is 252 g/mol. The number of hydrogen-bond donors (Lipinski definition) is 0. The molecule has 2 aromatic rings. The van der Waals surface area contributed by atoms with Gasteiger partial charge in [0.15, 0.2) is 0 Å². The van der Waals surface area contributed by atoms with Crippen LogP contribution in [0.3, 0.4) is 0 Å². The number of allylic oxidation sites excluding steroid dienone is 2. The maximum atomic E-state index is 12.7. The predicted molar refractivity (Wildman–Crippen MR) is 80.3 cm³/mol. The van der Waals surface area contributed by atoms with E-state index in [4.69, 9.17) is 4.84 Å². The monoisotopic (exact) mass is 265 g/mol. The van der Waals surface area contributed by atoms with Gasteiger partial charge in [0, 0.05) is 5.39 Å². The lowest BCUT2D eigenvalue weighted by Gasteiger charge is -2.42. The minimum atomic E-state index is -0.247. The van der Waals surface area contributed by atoms with Gasteiger partial charge >= 0.3 is 0 Å². The molecule has 0 saturated carbocycles. The van der Waals surface area contributed by atoms with E-state index in [1.54, 1.807) is 11.8 Å². The molecule has 20 heavy (non-hydrogen) atoms. The highest BCUT2D eigenvalue weighted by molar-refractivity contribution is 6.00. The van der Waals surface area contributed by atoms with Gasteiger partial charge in [0.2, 0.25) is 0 Å². The molecule has 4 heteroatoms. The number of hydroxylamine groups is 1. The summed E-state index contributed by atoms with van der Waals surface area (Å²) in [5, 5.41) is 14.7. The summed E-state index contributed by atoms with van der Waals surface area (Å²) in [5.74, 6) is 0. The quantitative estimate of drug-likeness (QED) is 0.796. The van der Waals surface area contributed by atoms with Gasteiger partial charge in [0.25, 0.3) is 0 Å². The third-order valence-electron chi connectivity index (χ3n) is 3.83. The molecular formula is C16H13N2O2-. The number of hydrogen-bond acceptors (Lipinski definition) is 3. The van der Waals surface area contributed by atoms with Crippen molar-refractivity contribution < 1.29 is 4.84 Å². The number of rotatable bonds is 1. The first-order chi connectivity index (χ1) is 9.81. The summed E-state index contributed by atoms with van der Waals surface area (Å²) < 4.78 is 1.71. The van der Waals surface area contributed by atoms with Crippen molar-refractivity contribution >= 4 is 22.7 Å². The van der Waals surface area contributed by atoms with Gasteiger partial charge in [-0.2, -0.15) is 4.73 Å². The molecule has 0 radical (unpaired) electrons. The second-order valence-electron chi connectivity index (χ2n) is 4.89. The van der Waals surface area contributed by atoms with E-state index in [0.29, 0.717) is 5.69 Å². The van der Waals surface area contributed by atoms with E-state index >= 15 is 0 Å². The van der Waals surface area contributed by atoms with Gasteiger partial charge in [-0.25, -0.2) is 0 Å². The fourth-order valence-corrected chi connectivity index (χ4v) is 2.96. The molecule has 4 nitrogen and oxygen atoms in total. The smallest absolute Gasteiger partial charge is 0.104 e. The first-order valence-electron chi connectivity index (χ1n) is 6.52. The Bertz CT molecular complexity index is 783. The summed E-state index contributed by atoms with van der Waals surface area (Å²) in [6.07, 6.45) is 9.77. The number of nitrogens with zero attached hydrogens (tertiary/aromatic N) is 2. The fourth-order valence-electron chi connectivity index (χ4n) is 2.96. The maximum Gasteiger partial charge on any atom is 0.104 e. The van der Waals surface area contributed by atoms with Gasteiger partial charge in [-0.15, -0.1) is 0 Å². The average molecular weight is 265 g/mol. The standard InChI is InChI=1S/C16H13N2O2/c1-20-18-14-9-5-3-7-12(14)16-15(18)10-11-6-2-4-8-13(11)17(16)19/h2-10,13H,1H3/q-1. The summed E-state index contributed by atoms with van der Waals surface area (Å²) in [6, 6.07) is 7.54. The van der Waals surface area contributed by atoms with Crippen molar-refractivity contribution in [3.63, 3.8) is 0 Å². The molecule has 1 aliphatic carbocycles. The van der Waals surface area contributed by atoms with Crippen molar-refractivity contribution in [3.05, 3.63) is 65.0 Å². The minimum Gasteiger partial charge on any atom is -0.758 e. The van der Waals surface area contributed by atoms with Crippen LogP contribution in [0.1, 0.15) is 5.69 Å². The lowest BCUT2D eigenvalue weighted by molar-refractivity contribution is 0.177. The van der Waals surface area contributed by atoms with Crippen molar-refractivity contribution in [1.29, 1.82) is 0 Å². The van der Waals surface area contributed by atoms with Crippen LogP contribution in [-0.2, 0) is 0 Å². The Kier molecular flexibility index (Phi) is 2.28. The van der Waals surface area contributed by atoms with E-state index in [-0.39, 0.29) is 6.04 Å². The maximum absolute atomic E-state index is 12.7. The van der Waals surface area contributed by atoms with Crippen LogP contribution < -0.4 is 9.90 Å². The van der Waals surface area contributed by atoms with E-state index in [2.05, 4.69) is 0 Å². The highest BCUT2D eigenvalue weighted by atomic mass is 16.6.